The van der Waals surface area contributed by atoms with E-state index in [4.69, 9.17) is 4.42 Å². The van der Waals surface area contributed by atoms with Crippen molar-refractivity contribution in [3.05, 3.63) is 34.3 Å². The van der Waals surface area contributed by atoms with Crippen molar-refractivity contribution in [2.24, 2.45) is 0 Å². The molecule has 0 bridgehead atoms. The number of nitrogens with zero attached hydrogens (tertiary/aromatic N) is 1. The lowest BCUT2D eigenvalue weighted by Gasteiger charge is -2.20. The van der Waals surface area contributed by atoms with Gasteiger partial charge in [-0.2, -0.15) is 0 Å². The fourth-order valence-electron chi connectivity index (χ4n) is 1.86. The molecule has 1 aromatic carbocycles. The SMILES string of the molecule is CC(=O)c1ccc2c(c1)oc(=O)n2C(C)(C)C(=O)O. The minimum atomic E-state index is -1.43. The van der Waals surface area contributed by atoms with Crippen molar-refractivity contribution in [1.82, 2.24) is 4.57 Å². The molecule has 0 saturated carbocycles. The summed E-state index contributed by atoms with van der Waals surface area (Å²) in [4.78, 5) is 34.3. The molecule has 2 aromatic rings. The van der Waals surface area contributed by atoms with Crippen LogP contribution in [-0.4, -0.2) is 21.4 Å². The van der Waals surface area contributed by atoms with Gasteiger partial charge < -0.3 is 9.52 Å². The van der Waals surface area contributed by atoms with Crippen LogP contribution in [0.3, 0.4) is 0 Å². The maximum absolute atomic E-state index is 11.8. The van der Waals surface area contributed by atoms with E-state index in [1.165, 1.54) is 39.0 Å². The molecule has 6 nitrogen and oxygen atoms in total. The fraction of sp³-hybridized carbons (Fsp3) is 0.308. The normalized spacial score (nSPS) is 11.7. The van der Waals surface area contributed by atoms with Gasteiger partial charge >= 0.3 is 11.7 Å². The molecular formula is C13H13NO5. The number of hydrogen-bond acceptors (Lipinski definition) is 4. The summed E-state index contributed by atoms with van der Waals surface area (Å²) in [6, 6.07) is 4.49. The Morgan fingerprint density at radius 2 is 1.95 bits per heavy atom. The third kappa shape index (κ3) is 1.95. The number of aliphatic carboxylic acids is 1. The van der Waals surface area contributed by atoms with Crippen LogP contribution in [0.2, 0.25) is 0 Å². The van der Waals surface area contributed by atoms with E-state index in [2.05, 4.69) is 0 Å². The molecule has 0 aliphatic rings. The Balaban J connectivity index is 2.78. The molecule has 1 aromatic heterocycles. The highest BCUT2D eigenvalue weighted by Crippen LogP contribution is 2.22. The van der Waals surface area contributed by atoms with Crippen LogP contribution in [0.15, 0.2) is 27.4 Å². The van der Waals surface area contributed by atoms with Crippen LogP contribution in [0.5, 0.6) is 0 Å². The number of aromatic nitrogens is 1. The number of benzene rings is 1. The van der Waals surface area contributed by atoms with Crippen LogP contribution in [0.4, 0.5) is 0 Å². The first-order valence-corrected chi connectivity index (χ1v) is 5.65. The van der Waals surface area contributed by atoms with Crippen molar-refractivity contribution in [1.29, 1.82) is 0 Å². The van der Waals surface area contributed by atoms with Gasteiger partial charge in [0.2, 0.25) is 0 Å². The average molecular weight is 263 g/mol. The van der Waals surface area contributed by atoms with E-state index in [1.54, 1.807) is 0 Å². The minimum Gasteiger partial charge on any atom is -0.480 e. The second kappa shape index (κ2) is 4.08. The van der Waals surface area contributed by atoms with Gasteiger partial charge in [-0.15, -0.1) is 0 Å². The molecule has 0 aliphatic heterocycles. The lowest BCUT2D eigenvalue weighted by Crippen LogP contribution is -2.40. The summed E-state index contributed by atoms with van der Waals surface area (Å²) < 4.78 is 6.08. The van der Waals surface area contributed by atoms with Crippen molar-refractivity contribution >= 4 is 22.9 Å². The quantitative estimate of drug-likeness (QED) is 0.850. The van der Waals surface area contributed by atoms with E-state index in [1.807, 2.05) is 0 Å². The van der Waals surface area contributed by atoms with Gasteiger partial charge in [0.25, 0.3) is 0 Å². The molecule has 0 amide bonds. The zero-order valence-electron chi connectivity index (χ0n) is 10.8. The first kappa shape index (κ1) is 13.1. The number of Topliss-reactive ketones (excluding diaryl/α,β-unsaturated/α-hetero) is 1. The summed E-state index contributed by atoms with van der Waals surface area (Å²) in [5, 5.41) is 9.18. The van der Waals surface area contributed by atoms with Gasteiger partial charge in [0.1, 0.15) is 5.54 Å². The van der Waals surface area contributed by atoms with Crippen LogP contribution in [0.1, 0.15) is 31.1 Å². The van der Waals surface area contributed by atoms with Crippen LogP contribution >= 0.6 is 0 Å². The Morgan fingerprint density at radius 1 is 1.32 bits per heavy atom. The summed E-state index contributed by atoms with van der Waals surface area (Å²) in [6.07, 6.45) is 0. The van der Waals surface area contributed by atoms with Crippen molar-refractivity contribution in [3.63, 3.8) is 0 Å². The third-order valence-electron chi connectivity index (χ3n) is 3.07. The first-order chi connectivity index (χ1) is 8.75. The lowest BCUT2D eigenvalue weighted by atomic mass is 10.1. The van der Waals surface area contributed by atoms with E-state index in [-0.39, 0.29) is 11.4 Å². The second-order valence-corrected chi connectivity index (χ2v) is 4.81. The van der Waals surface area contributed by atoms with Gasteiger partial charge in [0, 0.05) is 5.56 Å². The van der Waals surface area contributed by atoms with E-state index in [0.29, 0.717) is 11.1 Å². The summed E-state index contributed by atoms with van der Waals surface area (Å²) in [6.45, 7) is 4.21. The highest BCUT2D eigenvalue weighted by atomic mass is 16.4. The number of oxazole rings is 1. The highest BCUT2D eigenvalue weighted by Gasteiger charge is 2.33. The number of rotatable bonds is 3. The largest absolute Gasteiger partial charge is 0.480 e. The predicted molar refractivity (Wildman–Crippen MR) is 67.4 cm³/mol. The van der Waals surface area contributed by atoms with E-state index in [9.17, 15) is 19.5 Å². The highest BCUT2D eigenvalue weighted by molar-refractivity contribution is 5.97. The maximum Gasteiger partial charge on any atom is 0.420 e. The molecule has 1 N–H and O–H groups in total. The van der Waals surface area contributed by atoms with Gasteiger partial charge in [-0.3, -0.25) is 9.36 Å². The number of hydrogen-bond donors (Lipinski definition) is 1. The van der Waals surface area contributed by atoms with Crippen LogP contribution in [0, 0.1) is 0 Å². The zero-order valence-corrected chi connectivity index (χ0v) is 10.8. The molecule has 2 rings (SSSR count). The average Bonchev–Trinajstić information content (AvgIpc) is 2.63. The van der Waals surface area contributed by atoms with Gasteiger partial charge in [-0.05, 0) is 39.0 Å². The molecule has 0 atom stereocenters. The van der Waals surface area contributed by atoms with Gasteiger partial charge in [0.05, 0.1) is 5.52 Å². The number of ketones is 1. The molecule has 1 heterocycles. The Morgan fingerprint density at radius 3 is 2.47 bits per heavy atom. The van der Waals surface area contributed by atoms with Crippen LogP contribution in [0.25, 0.3) is 11.1 Å². The first-order valence-electron chi connectivity index (χ1n) is 5.65. The van der Waals surface area contributed by atoms with Crippen molar-refractivity contribution in [2.75, 3.05) is 0 Å². The van der Waals surface area contributed by atoms with Crippen LogP contribution in [-0.2, 0) is 10.3 Å². The van der Waals surface area contributed by atoms with Gasteiger partial charge in [0.15, 0.2) is 11.4 Å². The molecule has 6 heteroatoms. The second-order valence-electron chi connectivity index (χ2n) is 4.81. The minimum absolute atomic E-state index is 0.158. The predicted octanol–water partition coefficient (Wildman–Crippen LogP) is 1.62. The lowest BCUT2D eigenvalue weighted by molar-refractivity contribution is -0.145. The summed E-state index contributed by atoms with van der Waals surface area (Å²) in [5.74, 6) is -2.06. The molecule has 0 radical (unpaired) electrons. The standard InChI is InChI=1S/C13H13NO5/c1-7(15)8-4-5-9-10(6-8)19-12(18)14(9)13(2,3)11(16)17/h4-6H,1-3H3,(H,16,17). The topological polar surface area (TPSA) is 89.5 Å². The number of fused-ring (bicyclic) bond motifs is 1. The number of carboxylic acid groups (broad SMARTS) is 1. The number of carboxylic acids is 1. The summed E-state index contributed by atoms with van der Waals surface area (Å²) in [5.41, 5.74) is -0.476. The van der Waals surface area contributed by atoms with E-state index < -0.39 is 17.3 Å². The summed E-state index contributed by atoms with van der Waals surface area (Å²) >= 11 is 0. The third-order valence-corrected chi connectivity index (χ3v) is 3.07. The van der Waals surface area contributed by atoms with Gasteiger partial charge in [-0.25, -0.2) is 9.59 Å². The molecule has 0 spiro atoms. The van der Waals surface area contributed by atoms with Crippen LogP contribution < -0.4 is 5.76 Å². The molecule has 100 valence electrons. The molecule has 0 saturated heterocycles. The maximum atomic E-state index is 11.8. The monoisotopic (exact) mass is 263 g/mol. The van der Waals surface area contributed by atoms with E-state index >= 15 is 0 Å². The summed E-state index contributed by atoms with van der Waals surface area (Å²) in [7, 11) is 0. The molecular weight excluding hydrogens is 250 g/mol. The smallest absolute Gasteiger partial charge is 0.420 e. The zero-order chi connectivity index (χ0) is 14.4. The number of carbonyl (C=O) groups is 2. The Labute approximate surface area is 108 Å². The van der Waals surface area contributed by atoms with E-state index in [0.717, 1.165) is 4.57 Å². The van der Waals surface area contributed by atoms with Crippen molar-refractivity contribution < 1.29 is 19.1 Å². The van der Waals surface area contributed by atoms with Crippen molar-refractivity contribution in [2.45, 2.75) is 26.3 Å². The fourth-order valence-corrected chi connectivity index (χ4v) is 1.86. The molecule has 19 heavy (non-hydrogen) atoms. The Kier molecular flexibility index (Phi) is 2.81. The van der Waals surface area contributed by atoms with Crippen molar-refractivity contribution in [3.8, 4) is 0 Å². The van der Waals surface area contributed by atoms with Gasteiger partial charge in [-0.1, -0.05) is 0 Å². The molecule has 0 fully saturated rings. The Hall–Kier alpha value is -2.37. The Bertz CT molecular complexity index is 735. The molecule has 0 unspecified atom stereocenters. The number of carbonyl (C=O) groups excluding carboxylic acids is 1. The molecule has 0 aliphatic carbocycles.